The van der Waals surface area contributed by atoms with Crippen LogP contribution in [0.2, 0.25) is 10.0 Å². The van der Waals surface area contributed by atoms with Crippen LogP contribution in [0.4, 0.5) is 5.95 Å². The molecule has 11 nitrogen and oxygen atoms in total. The van der Waals surface area contributed by atoms with E-state index >= 15 is 0 Å². The van der Waals surface area contributed by atoms with Crippen molar-refractivity contribution in [3.8, 4) is 28.7 Å². The largest absolute Gasteiger partial charge is 0.495 e. The summed E-state index contributed by atoms with van der Waals surface area (Å²) in [6.07, 6.45) is 3.29. The number of likely N-dealkylation sites (tertiary alicyclic amines) is 1. The Hall–Kier alpha value is -3.85. The van der Waals surface area contributed by atoms with Gasteiger partial charge in [-0.05, 0) is 12.0 Å². The third-order valence-corrected chi connectivity index (χ3v) is 7.43. The predicted octanol–water partition coefficient (Wildman–Crippen LogP) is 3.73. The van der Waals surface area contributed by atoms with E-state index in [2.05, 4.69) is 20.6 Å². The fourth-order valence-electron chi connectivity index (χ4n) is 4.60. The van der Waals surface area contributed by atoms with Gasteiger partial charge in [0.15, 0.2) is 0 Å². The first kappa shape index (κ1) is 30.1. The Kier molecular flexibility index (Phi) is 9.38. The highest BCUT2D eigenvalue weighted by Crippen LogP contribution is 2.45. The molecule has 1 amide bonds. The minimum absolute atomic E-state index is 0.0251. The average Bonchev–Trinajstić information content (AvgIpc) is 2.93. The van der Waals surface area contributed by atoms with Crippen LogP contribution < -0.4 is 25.7 Å². The number of ether oxygens (including phenoxy) is 2. The van der Waals surface area contributed by atoms with Gasteiger partial charge in [0.25, 0.3) is 11.5 Å². The summed E-state index contributed by atoms with van der Waals surface area (Å²) in [5, 5.41) is 16.6. The maximum absolute atomic E-state index is 13.9. The van der Waals surface area contributed by atoms with E-state index < -0.39 is 0 Å². The second-order valence-corrected chi connectivity index (χ2v) is 10.6. The number of benzene rings is 1. The van der Waals surface area contributed by atoms with Crippen LogP contribution in [0, 0.1) is 17.2 Å². The van der Waals surface area contributed by atoms with Gasteiger partial charge in [0.05, 0.1) is 29.8 Å². The molecule has 0 atom stereocenters. The van der Waals surface area contributed by atoms with Crippen molar-refractivity contribution in [2.45, 2.75) is 26.4 Å². The number of aromatic nitrogens is 3. The third kappa shape index (κ3) is 6.10. The molecule has 41 heavy (non-hydrogen) atoms. The van der Waals surface area contributed by atoms with Crippen LogP contribution in [-0.4, -0.2) is 72.3 Å². The van der Waals surface area contributed by atoms with E-state index in [0.29, 0.717) is 48.1 Å². The molecule has 1 saturated heterocycles. The SMILES string of the molecule is CNc1ncc2cc(-c3c(Cl)c(OC)cc(OC)c3Cl)c(=O)n(CCNC3CN(C(=O)C(C#N)=CC(C)C)C3)c2n1. The lowest BCUT2D eigenvalue weighted by Crippen LogP contribution is -2.60. The van der Waals surface area contributed by atoms with Crippen molar-refractivity contribution in [1.29, 1.82) is 5.26 Å². The molecule has 3 aromatic rings. The fourth-order valence-corrected chi connectivity index (χ4v) is 5.31. The molecule has 0 saturated carbocycles. The molecule has 0 bridgehead atoms. The summed E-state index contributed by atoms with van der Waals surface area (Å²) < 4.78 is 12.3. The zero-order chi connectivity index (χ0) is 29.8. The smallest absolute Gasteiger partial charge is 0.264 e. The summed E-state index contributed by atoms with van der Waals surface area (Å²) in [4.78, 5) is 37.0. The van der Waals surface area contributed by atoms with Crippen molar-refractivity contribution in [3.05, 3.63) is 50.4 Å². The lowest BCUT2D eigenvalue weighted by Gasteiger charge is -2.39. The molecule has 216 valence electrons. The van der Waals surface area contributed by atoms with E-state index in [1.165, 1.54) is 14.2 Å². The normalized spacial score (nSPS) is 13.7. The summed E-state index contributed by atoms with van der Waals surface area (Å²) in [5.41, 5.74) is 0.755. The number of nitrogens with zero attached hydrogens (tertiary/aromatic N) is 5. The van der Waals surface area contributed by atoms with E-state index in [1.807, 2.05) is 19.9 Å². The number of rotatable bonds is 10. The topological polar surface area (TPSA) is 134 Å². The number of anilines is 1. The number of hydrogen-bond acceptors (Lipinski definition) is 9. The zero-order valence-electron chi connectivity index (χ0n) is 23.4. The molecule has 3 heterocycles. The highest BCUT2D eigenvalue weighted by Gasteiger charge is 2.32. The van der Waals surface area contributed by atoms with Crippen molar-refractivity contribution in [1.82, 2.24) is 24.8 Å². The maximum Gasteiger partial charge on any atom is 0.264 e. The highest BCUT2D eigenvalue weighted by atomic mass is 35.5. The van der Waals surface area contributed by atoms with Crippen LogP contribution in [0.3, 0.4) is 0 Å². The van der Waals surface area contributed by atoms with E-state index in [0.717, 1.165) is 0 Å². The number of amides is 1. The first-order valence-electron chi connectivity index (χ1n) is 13.0. The lowest BCUT2D eigenvalue weighted by molar-refractivity contribution is -0.131. The number of pyridine rings is 1. The third-order valence-electron chi connectivity index (χ3n) is 6.68. The molecule has 4 rings (SSSR count). The molecule has 0 aliphatic carbocycles. The summed E-state index contributed by atoms with van der Waals surface area (Å²) in [6.45, 7) is 5.45. The summed E-state index contributed by atoms with van der Waals surface area (Å²) in [5.74, 6) is 0.811. The second kappa shape index (κ2) is 12.8. The van der Waals surface area contributed by atoms with Gasteiger partial charge in [-0.15, -0.1) is 0 Å². The number of carbonyl (C=O) groups is 1. The molecule has 0 radical (unpaired) electrons. The van der Waals surface area contributed by atoms with Crippen molar-refractivity contribution in [3.63, 3.8) is 0 Å². The maximum atomic E-state index is 13.9. The average molecular weight is 601 g/mol. The van der Waals surface area contributed by atoms with Crippen LogP contribution in [0.5, 0.6) is 11.5 Å². The summed E-state index contributed by atoms with van der Waals surface area (Å²) in [6, 6.07) is 5.23. The molecule has 1 aromatic carbocycles. The molecule has 1 fully saturated rings. The van der Waals surface area contributed by atoms with E-state index in [4.69, 9.17) is 32.7 Å². The van der Waals surface area contributed by atoms with Crippen molar-refractivity contribution < 1.29 is 14.3 Å². The monoisotopic (exact) mass is 599 g/mol. The quantitative estimate of drug-likeness (QED) is 0.264. The standard InChI is InChI=1S/C28H31Cl2N7O4/c1-15(2)8-16(11-31)26(38)36-13-18(14-36)33-6-7-37-25-17(12-34-28(32-3)35-25)9-19(27(37)39)22-23(29)20(40-4)10-21(41-5)24(22)30/h8-10,12,15,18,33H,6-7,13-14H2,1-5H3,(H,32,34,35). The molecule has 13 heteroatoms. The van der Waals surface area contributed by atoms with Gasteiger partial charge in [-0.2, -0.15) is 10.2 Å². The fraction of sp³-hybridized carbons (Fsp3) is 0.393. The molecule has 2 aromatic heterocycles. The van der Waals surface area contributed by atoms with E-state index in [-0.39, 0.29) is 56.7 Å². The molecule has 1 aliphatic rings. The van der Waals surface area contributed by atoms with Gasteiger partial charge in [0.2, 0.25) is 5.95 Å². The molecular formula is C28H31Cl2N7O4. The van der Waals surface area contributed by atoms with Crippen molar-refractivity contribution >= 4 is 46.1 Å². The summed E-state index contributed by atoms with van der Waals surface area (Å²) >= 11 is 13.3. The van der Waals surface area contributed by atoms with Crippen molar-refractivity contribution in [2.75, 3.05) is 46.2 Å². The van der Waals surface area contributed by atoms with Gasteiger partial charge in [-0.25, -0.2) is 4.98 Å². The minimum atomic E-state index is -0.359. The van der Waals surface area contributed by atoms with E-state index in [9.17, 15) is 14.9 Å². The van der Waals surface area contributed by atoms with Crippen LogP contribution in [0.15, 0.2) is 34.8 Å². The number of fused-ring (bicyclic) bond motifs is 1. The van der Waals surface area contributed by atoms with Crippen LogP contribution in [0.25, 0.3) is 22.2 Å². The number of halogens is 2. The van der Waals surface area contributed by atoms with Gasteiger partial charge in [-0.1, -0.05) is 43.1 Å². The molecule has 1 aliphatic heterocycles. The van der Waals surface area contributed by atoms with E-state index in [1.54, 1.807) is 40.9 Å². The van der Waals surface area contributed by atoms with Gasteiger partial charge in [-0.3, -0.25) is 14.2 Å². The minimum Gasteiger partial charge on any atom is -0.495 e. The van der Waals surface area contributed by atoms with Crippen molar-refractivity contribution in [2.24, 2.45) is 5.92 Å². The summed E-state index contributed by atoms with van der Waals surface area (Å²) in [7, 11) is 4.62. The van der Waals surface area contributed by atoms with Gasteiger partial charge in [0, 0.05) is 62.5 Å². The molecule has 0 unspecified atom stereocenters. The number of allylic oxidation sites excluding steroid dienone is 1. The van der Waals surface area contributed by atoms with Crippen LogP contribution in [-0.2, 0) is 11.3 Å². The van der Waals surface area contributed by atoms with Crippen LogP contribution in [0.1, 0.15) is 13.8 Å². The van der Waals surface area contributed by atoms with Gasteiger partial charge in [0.1, 0.15) is 28.8 Å². The Morgan fingerprint density at radius 3 is 2.44 bits per heavy atom. The number of nitrogens with one attached hydrogen (secondary N) is 2. The van der Waals surface area contributed by atoms with Crippen LogP contribution >= 0.6 is 23.2 Å². The first-order valence-corrected chi connectivity index (χ1v) is 13.7. The lowest BCUT2D eigenvalue weighted by atomic mass is 10.0. The second-order valence-electron chi connectivity index (χ2n) is 9.82. The Labute approximate surface area is 247 Å². The Balaban J connectivity index is 1.63. The number of carbonyl (C=O) groups excluding carboxylic acids is 1. The van der Waals surface area contributed by atoms with Gasteiger partial charge < -0.3 is 25.0 Å². The molecular weight excluding hydrogens is 569 g/mol. The number of nitriles is 1. The molecule has 0 spiro atoms. The first-order chi connectivity index (χ1) is 19.6. The predicted molar refractivity (Wildman–Crippen MR) is 159 cm³/mol. The Morgan fingerprint density at radius 2 is 1.88 bits per heavy atom. The highest BCUT2D eigenvalue weighted by molar-refractivity contribution is 6.41. The van der Waals surface area contributed by atoms with Gasteiger partial charge >= 0.3 is 0 Å². The Bertz CT molecular complexity index is 1580. The molecule has 2 N–H and O–H groups in total. The number of hydrogen-bond donors (Lipinski definition) is 2. The Morgan fingerprint density at radius 1 is 1.22 bits per heavy atom. The number of methoxy groups -OCH3 is 2. The zero-order valence-corrected chi connectivity index (χ0v) is 24.9.